The predicted octanol–water partition coefficient (Wildman–Crippen LogP) is 3.97. The number of fused-ring (bicyclic) bond motifs is 1. The molecule has 1 aliphatic rings. The highest BCUT2D eigenvalue weighted by Gasteiger charge is 2.33. The van der Waals surface area contributed by atoms with E-state index in [9.17, 15) is 13.2 Å². The Balaban J connectivity index is 1.99. The Bertz CT molecular complexity index is 946. The van der Waals surface area contributed by atoms with Gasteiger partial charge in [-0.1, -0.05) is 0 Å². The Morgan fingerprint density at radius 3 is 2.40 bits per heavy atom. The molecule has 0 amide bonds. The quantitative estimate of drug-likeness (QED) is 0.750. The summed E-state index contributed by atoms with van der Waals surface area (Å²) < 4.78 is 34.8. The van der Waals surface area contributed by atoms with Crippen molar-refractivity contribution < 1.29 is 22.7 Å². The smallest absolute Gasteiger partial charge is 0.252 e. The maximum absolute atomic E-state index is 11.6. The van der Waals surface area contributed by atoms with Crippen LogP contribution in [0.15, 0.2) is 41.3 Å². The molecule has 0 saturated heterocycles. The third-order valence-corrected chi connectivity index (χ3v) is 5.21. The number of rotatable bonds is 4. The summed E-state index contributed by atoms with van der Waals surface area (Å²) in [6.07, 6.45) is 1.76. The molecule has 1 aliphatic heterocycles. The van der Waals surface area contributed by atoms with Crippen LogP contribution in [0, 0.1) is 0 Å². The molecule has 25 heavy (non-hydrogen) atoms. The second kappa shape index (κ2) is 6.04. The minimum Gasteiger partial charge on any atom is -0.487 e. The zero-order chi connectivity index (χ0) is 18.4. The van der Waals surface area contributed by atoms with Crippen molar-refractivity contribution in [2.24, 2.45) is 0 Å². The van der Waals surface area contributed by atoms with Gasteiger partial charge in [0, 0.05) is 23.8 Å². The van der Waals surface area contributed by atoms with Crippen molar-refractivity contribution in [3.05, 3.63) is 47.5 Å². The van der Waals surface area contributed by atoms with Crippen molar-refractivity contribution in [3.63, 3.8) is 0 Å². The molecular weight excluding hydrogens is 364 g/mol. The highest BCUT2D eigenvalue weighted by atomic mass is 35.5. The molecule has 0 N–H and O–H groups in total. The van der Waals surface area contributed by atoms with E-state index in [1.165, 1.54) is 12.1 Å². The Labute approximate surface area is 151 Å². The number of hydrogen-bond acceptors (Lipinski definition) is 5. The first-order valence-electron chi connectivity index (χ1n) is 7.59. The van der Waals surface area contributed by atoms with Crippen molar-refractivity contribution >= 4 is 26.7 Å². The summed E-state index contributed by atoms with van der Waals surface area (Å²) in [5.41, 5.74) is 0.717. The van der Waals surface area contributed by atoms with Crippen molar-refractivity contribution in [3.8, 4) is 17.2 Å². The van der Waals surface area contributed by atoms with E-state index in [2.05, 4.69) is 0 Å². The third-order valence-electron chi connectivity index (χ3n) is 3.86. The van der Waals surface area contributed by atoms with Crippen LogP contribution < -0.4 is 9.47 Å². The fraction of sp³-hybridized carbons (Fsp3) is 0.278. The van der Waals surface area contributed by atoms with Crippen LogP contribution in [-0.2, 0) is 16.3 Å². The van der Waals surface area contributed by atoms with Crippen LogP contribution in [0.2, 0.25) is 0 Å². The molecule has 0 atom stereocenters. The van der Waals surface area contributed by atoms with E-state index < -0.39 is 20.7 Å². The van der Waals surface area contributed by atoms with Gasteiger partial charge in [-0.2, -0.15) is 0 Å². The Kier molecular flexibility index (Phi) is 4.29. The maximum atomic E-state index is 11.6. The first kappa shape index (κ1) is 17.8. The van der Waals surface area contributed by atoms with Crippen LogP contribution >= 0.6 is 11.6 Å². The summed E-state index contributed by atoms with van der Waals surface area (Å²) in [6, 6.07) is 9.27. The van der Waals surface area contributed by atoms with Gasteiger partial charge in [0.1, 0.15) is 22.8 Å². The summed E-state index contributed by atoms with van der Waals surface area (Å²) >= 11 is 5.61. The fourth-order valence-corrected chi connectivity index (χ4v) is 3.47. The van der Waals surface area contributed by atoms with Gasteiger partial charge in [0.25, 0.3) is 5.24 Å². The molecule has 0 bridgehead atoms. The summed E-state index contributed by atoms with van der Waals surface area (Å²) in [4.78, 5) is 11.8. The summed E-state index contributed by atoms with van der Waals surface area (Å²) in [7, 11) is -3.27. The second-order valence-electron chi connectivity index (χ2n) is 6.61. The molecule has 0 aliphatic carbocycles. The van der Waals surface area contributed by atoms with Crippen LogP contribution in [0.5, 0.6) is 17.2 Å². The SMILES string of the molecule is CC1(C)Cc2c(Oc3ccc(S(C)(=O)=O)cc3)cc(C(=O)Cl)cc2O1. The predicted molar refractivity (Wildman–Crippen MR) is 94.7 cm³/mol. The number of benzene rings is 2. The molecule has 0 unspecified atom stereocenters. The van der Waals surface area contributed by atoms with Gasteiger partial charge in [-0.3, -0.25) is 4.79 Å². The van der Waals surface area contributed by atoms with Gasteiger partial charge in [-0.25, -0.2) is 8.42 Å². The normalized spacial score (nSPS) is 15.4. The second-order valence-corrected chi connectivity index (χ2v) is 8.97. The van der Waals surface area contributed by atoms with E-state index in [0.29, 0.717) is 23.7 Å². The van der Waals surface area contributed by atoms with E-state index >= 15 is 0 Å². The minimum atomic E-state index is -3.27. The number of sulfone groups is 1. The van der Waals surface area contributed by atoms with Crippen LogP contribution in [0.4, 0.5) is 0 Å². The van der Waals surface area contributed by atoms with Gasteiger partial charge in [0.05, 0.1) is 4.90 Å². The van der Waals surface area contributed by atoms with Gasteiger partial charge in [-0.05, 0) is 61.8 Å². The number of carbonyl (C=O) groups is 1. The molecule has 2 aromatic carbocycles. The first-order valence-corrected chi connectivity index (χ1v) is 9.86. The Morgan fingerprint density at radius 1 is 1.20 bits per heavy atom. The third kappa shape index (κ3) is 3.80. The van der Waals surface area contributed by atoms with Crippen LogP contribution in [0.1, 0.15) is 29.8 Å². The average Bonchev–Trinajstić information content (AvgIpc) is 2.81. The molecule has 3 rings (SSSR count). The van der Waals surface area contributed by atoms with Crippen molar-refractivity contribution in [2.75, 3.05) is 6.26 Å². The van der Waals surface area contributed by atoms with Crippen LogP contribution in [-0.4, -0.2) is 25.5 Å². The lowest BCUT2D eigenvalue weighted by Crippen LogP contribution is -2.24. The van der Waals surface area contributed by atoms with Gasteiger partial charge < -0.3 is 9.47 Å². The van der Waals surface area contributed by atoms with Crippen LogP contribution in [0.25, 0.3) is 0 Å². The van der Waals surface area contributed by atoms with Crippen molar-refractivity contribution in [1.29, 1.82) is 0 Å². The number of ether oxygens (including phenoxy) is 2. The molecule has 2 aromatic rings. The number of halogens is 1. The summed E-state index contributed by atoms with van der Waals surface area (Å²) in [5.74, 6) is 1.50. The lowest BCUT2D eigenvalue weighted by Gasteiger charge is -2.16. The standard InChI is InChI=1S/C18H17ClO5S/c1-18(2)10-14-15(8-11(17(19)20)9-16(14)24-18)23-12-4-6-13(7-5-12)25(3,21)22/h4-9H,10H2,1-3H3. The molecule has 1 heterocycles. The molecule has 7 heteroatoms. The van der Waals surface area contributed by atoms with Gasteiger partial charge in [0.15, 0.2) is 9.84 Å². The lowest BCUT2D eigenvalue weighted by molar-refractivity contribution is 0.107. The average molecular weight is 381 g/mol. The molecule has 0 saturated carbocycles. The molecular formula is C18H17ClO5S. The highest BCUT2D eigenvalue weighted by molar-refractivity contribution is 7.90. The Hall–Kier alpha value is -2.05. The Morgan fingerprint density at radius 2 is 1.84 bits per heavy atom. The van der Waals surface area contributed by atoms with Gasteiger partial charge in [-0.15, -0.1) is 0 Å². The molecule has 0 fully saturated rings. The molecule has 0 radical (unpaired) electrons. The van der Waals surface area contributed by atoms with E-state index in [-0.39, 0.29) is 10.5 Å². The zero-order valence-corrected chi connectivity index (χ0v) is 15.6. The molecule has 0 spiro atoms. The number of carbonyl (C=O) groups excluding carboxylic acids is 1. The van der Waals surface area contributed by atoms with Gasteiger partial charge in [0.2, 0.25) is 0 Å². The van der Waals surface area contributed by atoms with E-state index in [1.807, 2.05) is 13.8 Å². The number of hydrogen-bond donors (Lipinski definition) is 0. The van der Waals surface area contributed by atoms with Crippen molar-refractivity contribution in [2.45, 2.75) is 30.8 Å². The first-order chi connectivity index (χ1) is 11.5. The lowest BCUT2D eigenvalue weighted by atomic mass is 10.00. The molecule has 132 valence electrons. The largest absolute Gasteiger partial charge is 0.487 e. The summed E-state index contributed by atoms with van der Waals surface area (Å²) in [5, 5.41) is -0.603. The van der Waals surface area contributed by atoms with E-state index in [1.54, 1.807) is 24.3 Å². The fourth-order valence-electron chi connectivity index (χ4n) is 2.73. The highest BCUT2D eigenvalue weighted by Crippen LogP contribution is 2.43. The van der Waals surface area contributed by atoms with E-state index in [4.69, 9.17) is 21.1 Å². The van der Waals surface area contributed by atoms with Crippen LogP contribution in [0.3, 0.4) is 0 Å². The monoisotopic (exact) mass is 380 g/mol. The maximum Gasteiger partial charge on any atom is 0.252 e. The molecule has 5 nitrogen and oxygen atoms in total. The summed E-state index contributed by atoms with van der Waals surface area (Å²) in [6.45, 7) is 3.89. The van der Waals surface area contributed by atoms with Gasteiger partial charge >= 0.3 is 0 Å². The zero-order valence-electron chi connectivity index (χ0n) is 14.0. The topological polar surface area (TPSA) is 69.7 Å². The van der Waals surface area contributed by atoms with Crippen molar-refractivity contribution in [1.82, 2.24) is 0 Å². The molecule has 0 aromatic heterocycles. The minimum absolute atomic E-state index is 0.208. The van der Waals surface area contributed by atoms with E-state index in [0.717, 1.165) is 11.8 Å².